The molecule has 2 aliphatic rings. The van der Waals surface area contributed by atoms with Gasteiger partial charge in [-0.25, -0.2) is 0 Å². The summed E-state index contributed by atoms with van der Waals surface area (Å²) in [6.45, 7) is 7.08. The molecular weight excluding hydrogens is 214 g/mol. The molecule has 3 heteroatoms. The Morgan fingerprint density at radius 3 is 2.65 bits per heavy atom. The minimum atomic E-state index is 0.0842. The van der Waals surface area contributed by atoms with E-state index in [1.54, 1.807) is 0 Å². The van der Waals surface area contributed by atoms with Gasteiger partial charge in [-0.2, -0.15) is 0 Å². The average molecular weight is 241 g/mol. The molecule has 1 atom stereocenters. The van der Waals surface area contributed by atoms with Gasteiger partial charge in [-0.3, -0.25) is 0 Å². The van der Waals surface area contributed by atoms with E-state index in [0.29, 0.717) is 12.1 Å². The largest absolute Gasteiger partial charge is 0.379 e. The number of nitrogens with one attached hydrogen (secondary N) is 1. The van der Waals surface area contributed by atoms with Crippen molar-refractivity contribution in [2.75, 3.05) is 19.8 Å². The minimum absolute atomic E-state index is 0.0842. The summed E-state index contributed by atoms with van der Waals surface area (Å²) in [6, 6.07) is 0.539. The first-order chi connectivity index (χ1) is 8.20. The lowest BCUT2D eigenvalue weighted by atomic mass is 9.84. The zero-order valence-corrected chi connectivity index (χ0v) is 11.3. The molecule has 1 saturated heterocycles. The zero-order valence-electron chi connectivity index (χ0n) is 11.3. The van der Waals surface area contributed by atoms with Crippen molar-refractivity contribution in [3.63, 3.8) is 0 Å². The second kappa shape index (κ2) is 6.17. The Balaban J connectivity index is 1.90. The lowest BCUT2D eigenvalue weighted by Gasteiger charge is -2.40. The Labute approximate surface area is 105 Å². The zero-order chi connectivity index (χ0) is 12.1. The van der Waals surface area contributed by atoms with E-state index in [0.717, 1.165) is 26.2 Å². The number of hydrogen-bond donors (Lipinski definition) is 1. The van der Waals surface area contributed by atoms with Crippen LogP contribution in [0.3, 0.4) is 0 Å². The Morgan fingerprint density at radius 2 is 2.06 bits per heavy atom. The highest BCUT2D eigenvalue weighted by Crippen LogP contribution is 2.33. The van der Waals surface area contributed by atoms with Crippen molar-refractivity contribution in [3.05, 3.63) is 0 Å². The molecule has 3 nitrogen and oxygen atoms in total. The molecule has 1 unspecified atom stereocenters. The van der Waals surface area contributed by atoms with E-state index >= 15 is 0 Å². The Kier molecular flexibility index (Phi) is 4.83. The van der Waals surface area contributed by atoms with Gasteiger partial charge in [0.2, 0.25) is 0 Å². The van der Waals surface area contributed by atoms with Crippen LogP contribution >= 0.6 is 0 Å². The van der Waals surface area contributed by atoms with Gasteiger partial charge in [0.1, 0.15) is 0 Å². The molecule has 0 spiro atoms. The van der Waals surface area contributed by atoms with Gasteiger partial charge >= 0.3 is 0 Å². The Hall–Kier alpha value is -0.120. The van der Waals surface area contributed by atoms with Crippen molar-refractivity contribution in [3.8, 4) is 0 Å². The summed E-state index contributed by atoms with van der Waals surface area (Å²) in [6.07, 6.45) is 7.83. The predicted molar refractivity (Wildman–Crippen MR) is 69.3 cm³/mol. The third kappa shape index (κ3) is 3.94. The van der Waals surface area contributed by atoms with Crippen LogP contribution in [0.1, 0.15) is 52.4 Å². The van der Waals surface area contributed by atoms with Crippen LogP contribution in [0.5, 0.6) is 0 Å². The van der Waals surface area contributed by atoms with Crippen LogP contribution in [0.4, 0.5) is 0 Å². The van der Waals surface area contributed by atoms with E-state index in [4.69, 9.17) is 9.47 Å². The molecule has 100 valence electrons. The quantitative estimate of drug-likeness (QED) is 0.802. The molecule has 2 rings (SSSR count). The van der Waals surface area contributed by atoms with Crippen molar-refractivity contribution < 1.29 is 9.47 Å². The second-order valence-electron chi connectivity index (χ2n) is 5.88. The van der Waals surface area contributed by atoms with Gasteiger partial charge in [-0.15, -0.1) is 0 Å². The first-order valence-electron chi connectivity index (χ1n) is 7.19. The lowest BCUT2D eigenvalue weighted by Crippen LogP contribution is -2.48. The molecule has 0 aromatic rings. The average Bonchev–Trinajstić information content (AvgIpc) is 2.80. The first kappa shape index (κ1) is 13.3. The van der Waals surface area contributed by atoms with Crippen molar-refractivity contribution in [1.29, 1.82) is 0 Å². The van der Waals surface area contributed by atoms with Crippen molar-refractivity contribution in [2.24, 2.45) is 0 Å². The molecule has 0 aromatic carbocycles. The normalized spacial score (nSPS) is 28.8. The highest BCUT2D eigenvalue weighted by Gasteiger charge is 2.36. The predicted octanol–water partition coefficient (Wildman–Crippen LogP) is 2.49. The highest BCUT2D eigenvalue weighted by molar-refractivity contribution is 4.89. The molecule has 0 amide bonds. The monoisotopic (exact) mass is 241 g/mol. The van der Waals surface area contributed by atoms with Crippen LogP contribution in [0.25, 0.3) is 0 Å². The van der Waals surface area contributed by atoms with Crippen LogP contribution in [-0.4, -0.2) is 37.5 Å². The van der Waals surface area contributed by atoms with Gasteiger partial charge in [0, 0.05) is 19.2 Å². The smallest absolute Gasteiger partial charge is 0.0838 e. The fraction of sp³-hybridized carbons (Fsp3) is 1.00. The molecule has 0 radical (unpaired) electrons. The summed E-state index contributed by atoms with van der Waals surface area (Å²) >= 11 is 0. The van der Waals surface area contributed by atoms with Crippen LogP contribution in [0, 0.1) is 0 Å². The van der Waals surface area contributed by atoms with E-state index in [-0.39, 0.29) is 5.60 Å². The van der Waals surface area contributed by atoms with Crippen LogP contribution < -0.4 is 5.32 Å². The summed E-state index contributed by atoms with van der Waals surface area (Å²) < 4.78 is 11.8. The number of ether oxygens (including phenoxy) is 2. The van der Waals surface area contributed by atoms with Gasteiger partial charge in [0.05, 0.1) is 18.3 Å². The van der Waals surface area contributed by atoms with E-state index in [1.807, 2.05) is 0 Å². The molecule has 1 aliphatic carbocycles. The molecular formula is C14H27NO2. The van der Waals surface area contributed by atoms with Gasteiger partial charge < -0.3 is 14.8 Å². The van der Waals surface area contributed by atoms with Crippen LogP contribution in [-0.2, 0) is 9.47 Å². The molecule has 1 aliphatic heterocycles. The fourth-order valence-corrected chi connectivity index (χ4v) is 2.88. The van der Waals surface area contributed by atoms with Gasteiger partial charge in [0.15, 0.2) is 0 Å². The van der Waals surface area contributed by atoms with Gasteiger partial charge in [-0.1, -0.05) is 33.1 Å². The van der Waals surface area contributed by atoms with Crippen LogP contribution in [0.2, 0.25) is 0 Å². The minimum Gasteiger partial charge on any atom is -0.379 e. The number of rotatable bonds is 5. The fourth-order valence-electron chi connectivity index (χ4n) is 2.88. The standard InChI is InChI=1S/C14H27NO2/c1-12(2)15-11-14(7-4-3-5-8-14)17-13-6-9-16-10-13/h12-13,15H,3-11H2,1-2H3. The van der Waals surface area contributed by atoms with Crippen molar-refractivity contribution in [1.82, 2.24) is 5.32 Å². The van der Waals surface area contributed by atoms with Crippen molar-refractivity contribution in [2.45, 2.75) is 70.1 Å². The number of hydrogen-bond acceptors (Lipinski definition) is 3. The van der Waals surface area contributed by atoms with E-state index in [9.17, 15) is 0 Å². The highest BCUT2D eigenvalue weighted by atomic mass is 16.6. The van der Waals surface area contributed by atoms with E-state index < -0.39 is 0 Å². The maximum absolute atomic E-state index is 6.40. The molecule has 1 saturated carbocycles. The molecule has 0 aromatic heterocycles. The van der Waals surface area contributed by atoms with E-state index in [2.05, 4.69) is 19.2 Å². The Bertz CT molecular complexity index is 218. The molecule has 1 heterocycles. The van der Waals surface area contributed by atoms with E-state index in [1.165, 1.54) is 32.1 Å². The molecule has 2 fully saturated rings. The summed E-state index contributed by atoms with van der Waals surface area (Å²) in [4.78, 5) is 0. The summed E-state index contributed by atoms with van der Waals surface area (Å²) in [5.74, 6) is 0. The Morgan fingerprint density at radius 1 is 1.29 bits per heavy atom. The summed E-state index contributed by atoms with van der Waals surface area (Å²) in [7, 11) is 0. The summed E-state index contributed by atoms with van der Waals surface area (Å²) in [5, 5.41) is 3.56. The second-order valence-corrected chi connectivity index (χ2v) is 5.88. The maximum Gasteiger partial charge on any atom is 0.0838 e. The lowest BCUT2D eigenvalue weighted by molar-refractivity contribution is -0.112. The third-order valence-electron chi connectivity index (χ3n) is 3.90. The van der Waals surface area contributed by atoms with Gasteiger partial charge in [0.25, 0.3) is 0 Å². The maximum atomic E-state index is 6.40. The third-order valence-corrected chi connectivity index (χ3v) is 3.90. The van der Waals surface area contributed by atoms with Gasteiger partial charge in [-0.05, 0) is 19.3 Å². The molecule has 0 bridgehead atoms. The molecule has 17 heavy (non-hydrogen) atoms. The first-order valence-corrected chi connectivity index (χ1v) is 7.19. The van der Waals surface area contributed by atoms with Crippen LogP contribution in [0.15, 0.2) is 0 Å². The molecule has 1 N–H and O–H groups in total. The summed E-state index contributed by atoms with van der Waals surface area (Å²) in [5.41, 5.74) is 0.0842. The van der Waals surface area contributed by atoms with Crippen molar-refractivity contribution >= 4 is 0 Å². The topological polar surface area (TPSA) is 30.5 Å². The SMILES string of the molecule is CC(C)NCC1(OC2CCOC2)CCCCC1.